The summed E-state index contributed by atoms with van der Waals surface area (Å²) in [6.07, 6.45) is 0.919. The zero-order valence-electron chi connectivity index (χ0n) is 15.5. The van der Waals surface area contributed by atoms with E-state index >= 15 is 0 Å². The smallest absolute Gasteiger partial charge is 0.166 e. The Morgan fingerprint density at radius 1 is 1.24 bits per heavy atom. The van der Waals surface area contributed by atoms with E-state index < -0.39 is 0 Å². The number of nitrogens with zero attached hydrogens (tertiary/aromatic N) is 2. The molecule has 0 radical (unpaired) electrons. The molecule has 25 heavy (non-hydrogen) atoms. The standard InChI is InChI=1S/C20H28N2O3/c1-15(2)19-11-16(10-17-12-18(13-23)21(3)20(17)19)14-25-9-6-22-4-7-24-8-5-22/h10-13,15H,4-9,14H2,1-3H3. The fraction of sp³-hybridized carbons (Fsp3) is 0.550. The van der Waals surface area contributed by atoms with Crippen LogP contribution in [0.1, 0.15) is 41.4 Å². The van der Waals surface area contributed by atoms with Gasteiger partial charge < -0.3 is 14.0 Å². The van der Waals surface area contributed by atoms with E-state index in [0.29, 0.717) is 18.2 Å². The van der Waals surface area contributed by atoms with Gasteiger partial charge in [-0.2, -0.15) is 0 Å². The van der Waals surface area contributed by atoms with E-state index in [-0.39, 0.29) is 0 Å². The number of aryl methyl sites for hydroxylation is 1. The third-order valence-electron chi connectivity index (χ3n) is 4.92. The third-order valence-corrected chi connectivity index (χ3v) is 4.92. The molecule has 1 aromatic carbocycles. The van der Waals surface area contributed by atoms with E-state index in [4.69, 9.17) is 9.47 Å². The predicted octanol–water partition coefficient (Wildman–Crippen LogP) is 2.96. The average Bonchev–Trinajstić information content (AvgIpc) is 2.95. The molecule has 1 aliphatic heterocycles. The molecule has 136 valence electrons. The average molecular weight is 344 g/mol. The van der Waals surface area contributed by atoms with Crippen LogP contribution in [-0.2, 0) is 23.1 Å². The number of hydrogen-bond acceptors (Lipinski definition) is 4. The van der Waals surface area contributed by atoms with Crippen LogP contribution in [-0.4, -0.2) is 55.2 Å². The van der Waals surface area contributed by atoms with Crippen molar-refractivity contribution >= 4 is 17.2 Å². The lowest BCUT2D eigenvalue weighted by Gasteiger charge is -2.26. The summed E-state index contributed by atoms with van der Waals surface area (Å²) in [5.41, 5.74) is 4.29. The van der Waals surface area contributed by atoms with Crippen LogP contribution in [0.3, 0.4) is 0 Å². The molecule has 1 fully saturated rings. The number of fused-ring (bicyclic) bond motifs is 1. The highest BCUT2D eigenvalue weighted by Crippen LogP contribution is 2.29. The number of carbonyl (C=O) groups excluding carboxylic acids is 1. The summed E-state index contributed by atoms with van der Waals surface area (Å²) in [6.45, 7) is 10.3. The van der Waals surface area contributed by atoms with E-state index in [1.165, 1.54) is 11.1 Å². The molecule has 0 spiro atoms. The van der Waals surface area contributed by atoms with Crippen LogP contribution in [0.15, 0.2) is 18.2 Å². The molecular weight excluding hydrogens is 316 g/mol. The van der Waals surface area contributed by atoms with E-state index in [1.807, 2.05) is 17.7 Å². The van der Waals surface area contributed by atoms with Crippen molar-refractivity contribution in [1.82, 2.24) is 9.47 Å². The molecule has 1 saturated heterocycles. The summed E-state index contributed by atoms with van der Waals surface area (Å²) in [5.74, 6) is 0.393. The van der Waals surface area contributed by atoms with Gasteiger partial charge in [-0.05, 0) is 29.2 Å². The molecule has 0 N–H and O–H groups in total. The molecule has 5 nitrogen and oxygen atoms in total. The molecule has 2 heterocycles. The third kappa shape index (κ3) is 4.11. The van der Waals surface area contributed by atoms with Gasteiger partial charge in [0.2, 0.25) is 0 Å². The SMILES string of the molecule is CC(C)c1cc(COCCN2CCOCC2)cc2cc(C=O)n(C)c12. The van der Waals surface area contributed by atoms with Gasteiger partial charge in [0.05, 0.1) is 37.6 Å². The minimum absolute atomic E-state index is 0.393. The first-order valence-electron chi connectivity index (χ1n) is 9.05. The second kappa shape index (κ2) is 8.13. The lowest BCUT2D eigenvalue weighted by molar-refractivity contribution is 0.0180. The lowest BCUT2D eigenvalue weighted by Crippen LogP contribution is -2.38. The van der Waals surface area contributed by atoms with E-state index in [0.717, 1.165) is 56.6 Å². The van der Waals surface area contributed by atoms with Gasteiger partial charge in [0.25, 0.3) is 0 Å². The highest BCUT2D eigenvalue weighted by molar-refractivity contribution is 5.91. The van der Waals surface area contributed by atoms with Crippen molar-refractivity contribution in [3.63, 3.8) is 0 Å². The van der Waals surface area contributed by atoms with Crippen molar-refractivity contribution in [3.05, 3.63) is 35.0 Å². The maximum atomic E-state index is 11.3. The minimum atomic E-state index is 0.393. The van der Waals surface area contributed by atoms with Crippen molar-refractivity contribution in [2.75, 3.05) is 39.5 Å². The Morgan fingerprint density at radius 2 is 2.00 bits per heavy atom. The Labute approximate surface area is 149 Å². The largest absolute Gasteiger partial charge is 0.379 e. The van der Waals surface area contributed by atoms with Crippen LogP contribution in [0, 0.1) is 0 Å². The van der Waals surface area contributed by atoms with E-state index in [9.17, 15) is 4.79 Å². The van der Waals surface area contributed by atoms with Crippen LogP contribution >= 0.6 is 0 Å². The molecule has 2 aromatic rings. The maximum absolute atomic E-state index is 11.3. The van der Waals surface area contributed by atoms with Crippen LogP contribution < -0.4 is 0 Å². The quantitative estimate of drug-likeness (QED) is 0.572. The van der Waals surface area contributed by atoms with Crippen LogP contribution in [0.2, 0.25) is 0 Å². The number of morpholine rings is 1. The van der Waals surface area contributed by atoms with Crippen molar-refractivity contribution in [2.45, 2.75) is 26.4 Å². The molecule has 0 unspecified atom stereocenters. The van der Waals surface area contributed by atoms with Gasteiger partial charge in [-0.3, -0.25) is 9.69 Å². The fourth-order valence-electron chi connectivity index (χ4n) is 3.47. The van der Waals surface area contributed by atoms with Gasteiger partial charge in [-0.1, -0.05) is 19.9 Å². The Kier molecular flexibility index (Phi) is 5.89. The number of carbonyl (C=O) groups is 1. The normalized spacial score (nSPS) is 16.0. The summed E-state index contributed by atoms with van der Waals surface area (Å²) >= 11 is 0. The van der Waals surface area contributed by atoms with Gasteiger partial charge in [0.1, 0.15) is 0 Å². The second-order valence-electron chi connectivity index (χ2n) is 7.03. The Bertz CT molecular complexity index is 730. The lowest BCUT2D eigenvalue weighted by atomic mass is 9.98. The minimum Gasteiger partial charge on any atom is -0.379 e. The Morgan fingerprint density at radius 3 is 2.68 bits per heavy atom. The van der Waals surface area contributed by atoms with E-state index in [1.54, 1.807) is 0 Å². The summed E-state index contributed by atoms with van der Waals surface area (Å²) in [7, 11) is 1.95. The number of rotatable bonds is 7. The highest BCUT2D eigenvalue weighted by Gasteiger charge is 2.14. The van der Waals surface area contributed by atoms with Crippen LogP contribution in [0.5, 0.6) is 0 Å². The van der Waals surface area contributed by atoms with Gasteiger partial charge in [0, 0.05) is 32.1 Å². The first kappa shape index (κ1) is 18.1. The maximum Gasteiger partial charge on any atom is 0.166 e. The monoisotopic (exact) mass is 344 g/mol. The van der Waals surface area contributed by atoms with Crippen LogP contribution in [0.25, 0.3) is 10.9 Å². The Hall–Kier alpha value is -1.69. The molecular formula is C20H28N2O3. The van der Waals surface area contributed by atoms with E-state index in [2.05, 4.69) is 30.9 Å². The molecule has 0 amide bonds. The first-order chi connectivity index (χ1) is 12.1. The summed E-state index contributed by atoms with van der Waals surface area (Å²) in [6, 6.07) is 6.32. The van der Waals surface area contributed by atoms with Gasteiger partial charge in [-0.25, -0.2) is 0 Å². The zero-order chi connectivity index (χ0) is 17.8. The molecule has 1 aromatic heterocycles. The van der Waals surface area contributed by atoms with Crippen molar-refractivity contribution < 1.29 is 14.3 Å². The summed E-state index contributed by atoms with van der Waals surface area (Å²) in [4.78, 5) is 13.6. The van der Waals surface area contributed by atoms with Gasteiger partial charge in [0.15, 0.2) is 6.29 Å². The number of benzene rings is 1. The molecule has 0 atom stereocenters. The van der Waals surface area contributed by atoms with Crippen LogP contribution in [0.4, 0.5) is 0 Å². The van der Waals surface area contributed by atoms with Gasteiger partial charge >= 0.3 is 0 Å². The second-order valence-corrected chi connectivity index (χ2v) is 7.03. The molecule has 3 rings (SSSR count). The Balaban J connectivity index is 1.69. The summed E-state index contributed by atoms with van der Waals surface area (Å²) in [5, 5.41) is 1.11. The molecule has 0 bridgehead atoms. The molecule has 0 aliphatic carbocycles. The topological polar surface area (TPSA) is 43.7 Å². The van der Waals surface area contributed by atoms with Crippen molar-refractivity contribution in [3.8, 4) is 0 Å². The highest BCUT2D eigenvalue weighted by atomic mass is 16.5. The van der Waals surface area contributed by atoms with Crippen molar-refractivity contribution in [1.29, 1.82) is 0 Å². The predicted molar refractivity (Wildman–Crippen MR) is 99.3 cm³/mol. The molecule has 0 saturated carbocycles. The zero-order valence-corrected chi connectivity index (χ0v) is 15.5. The number of aromatic nitrogens is 1. The molecule has 5 heteroatoms. The number of ether oxygens (including phenoxy) is 2. The number of hydrogen-bond donors (Lipinski definition) is 0. The van der Waals surface area contributed by atoms with Crippen molar-refractivity contribution in [2.24, 2.45) is 7.05 Å². The first-order valence-corrected chi connectivity index (χ1v) is 9.05. The van der Waals surface area contributed by atoms with Gasteiger partial charge in [-0.15, -0.1) is 0 Å². The molecule has 1 aliphatic rings. The fourth-order valence-corrected chi connectivity index (χ4v) is 3.47. The number of aldehydes is 1. The summed E-state index contributed by atoms with van der Waals surface area (Å²) < 4.78 is 13.3.